The Hall–Kier alpha value is -3.13. The van der Waals surface area contributed by atoms with Gasteiger partial charge in [0.05, 0.1) is 26.3 Å². The second-order valence-corrected chi connectivity index (χ2v) is 8.30. The number of pyridine rings is 1. The van der Waals surface area contributed by atoms with E-state index in [2.05, 4.69) is 4.98 Å². The number of ether oxygens (including phenoxy) is 2. The minimum atomic E-state index is -0.378. The van der Waals surface area contributed by atoms with Gasteiger partial charge in [0.15, 0.2) is 0 Å². The number of aliphatic hydroxyl groups excluding tert-OH is 1. The van der Waals surface area contributed by atoms with Gasteiger partial charge >= 0.3 is 0 Å². The monoisotopic (exact) mass is 441 g/mol. The summed E-state index contributed by atoms with van der Waals surface area (Å²) in [7, 11) is 3.31. The topological polar surface area (TPSA) is 92.2 Å². The fraction of sp³-hybridized carbons (Fsp3) is 0.458. The van der Waals surface area contributed by atoms with E-state index in [1.165, 1.54) is 6.92 Å². The van der Waals surface area contributed by atoms with E-state index in [1.807, 2.05) is 31.2 Å². The normalized spacial score (nSPS) is 19.3. The Bertz CT molecular complexity index is 980. The third kappa shape index (κ3) is 4.85. The van der Waals surface area contributed by atoms with Crippen molar-refractivity contribution < 1.29 is 24.2 Å². The molecule has 2 amide bonds. The van der Waals surface area contributed by atoms with Crippen LogP contribution in [-0.4, -0.2) is 77.7 Å². The molecule has 0 unspecified atom stereocenters. The molecule has 0 spiro atoms. The number of nitrogens with zero attached hydrogens (tertiary/aromatic N) is 3. The van der Waals surface area contributed by atoms with Crippen molar-refractivity contribution in [2.75, 3.05) is 33.9 Å². The van der Waals surface area contributed by atoms with E-state index in [0.717, 1.165) is 11.1 Å². The van der Waals surface area contributed by atoms with Gasteiger partial charge in [-0.05, 0) is 19.1 Å². The number of hydrogen-bond donors (Lipinski definition) is 1. The highest BCUT2D eigenvalue weighted by molar-refractivity contribution is 5.98. The number of methoxy groups -OCH3 is 1. The maximum absolute atomic E-state index is 13.5. The van der Waals surface area contributed by atoms with Crippen molar-refractivity contribution in [1.82, 2.24) is 14.8 Å². The first-order valence-corrected chi connectivity index (χ1v) is 10.7. The third-order valence-corrected chi connectivity index (χ3v) is 5.93. The van der Waals surface area contributed by atoms with E-state index in [-0.39, 0.29) is 42.4 Å². The lowest BCUT2D eigenvalue weighted by molar-refractivity contribution is -0.129. The van der Waals surface area contributed by atoms with Crippen LogP contribution in [0.25, 0.3) is 11.1 Å². The molecule has 1 aromatic heterocycles. The number of rotatable bonds is 6. The van der Waals surface area contributed by atoms with Gasteiger partial charge in [0, 0.05) is 43.8 Å². The van der Waals surface area contributed by atoms with Crippen molar-refractivity contribution in [1.29, 1.82) is 0 Å². The molecule has 3 atom stereocenters. The summed E-state index contributed by atoms with van der Waals surface area (Å²) in [4.78, 5) is 33.0. The van der Waals surface area contributed by atoms with Crippen LogP contribution in [0.4, 0.5) is 0 Å². The SMILES string of the molecule is COc1ccccc1-c1cnc2c(c1)C(=O)N([C@H](C)CO)C[C@H](C)[C@@H](CN(C)C(C)=O)O2. The summed E-state index contributed by atoms with van der Waals surface area (Å²) in [6.07, 6.45) is 1.29. The molecule has 1 aliphatic rings. The second kappa shape index (κ2) is 9.99. The van der Waals surface area contributed by atoms with Crippen molar-refractivity contribution in [3.8, 4) is 22.8 Å². The summed E-state index contributed by atoms with van der Waals surface area (Å²) in [5.74, 6) is 0.481. The highest BCUT2D eigenvalue weighted by Gasteiger charge is 2.34. The largest absolute Gasteiger partial charge is 0.496 e. The Morgan fingerprint density at radius 3 is 2.75 bits per heavy atom. The molecule has 8 heteroatoms. The Balaban J connectivity index is 2.09. The molecule has 0 fully saturated rings. The average Bonchev–Trinajstić information content (AvgIpc) is 2.80. The molecule has 1 aromatic carbocycles. The van der Waals surface area contributed by atoms with Crippen LogP contribution in [0, 0.1) is 5.92 Å². The molecule has 172 valence electrons. The lowest BCUT2D eigenvalue weighted by Gasteiger charge is -2.37. The van der Waals surface area contributed by atoms with Gasteiger partial charge in [0.2, 0.25) is 11.8 Å². The minimum absolute atomic E-state index is 0.0702. The van der Waals surface area contributed by atoms with Gasteiger partial charge in [-0.2, -0.15) is 0 Å². The standard InChI is InChI=1S/C24H31N3O5/c1-15-12-27(16(2)14-28)24(30)20-10-18(19-8-6-7-9-21(19)31-5)11-25-23(20)32-22(15)13-26(4)17(3)29/h6-11,15-16,22,28H,12-14H2,1-5H3/t15-,16+,22+/m0/s1. The number of hydrogen-bond acceptors (Lipinski definition) is 6. The molecule has 2 heterocycles. The molecule has 1 N–H and O–H groups in total. The Morgan fingerprint density at radius 1 is 1.38 bits per heavy atom. The first-order chi connectivity index (χ1) is 15.3. The van der Waals surface area contributed by atoms with Crippen LogP contribution in [0.15, 0.2) is 36.5 Å². The van der Waals surface area contributed by atoms with Gasteiger partial charge < -0.3 is 24.4 Å². The summed E-state index contributed by atoms with van der Waals surface area (Å²) in [5.41, 5.74) is 1.85. The molecule has 32 heavy (non-hydrogen) atoms. The van der Waals surface area contributed by atoms with Gasteiger partial charge in [-0.3, -0.25) is 9.59 Å². The number of para-hydroxylation sites is 1. The number of aliphatic hydroxyl groups is 1. The maximum atomic E-state index is 13.5. The predicted octanol–water partition coefficient (Wildman–Crippen LogP) is 2.46. The number of benzene rings is 1. The number of carbonyl (C=O) groups is 2. The zero-order chi connectivity index (χ0) is 23.4. The summed E-state index contributed by atoms with van der Waals surface area (Å²) in [6.45, 7) is 5.87. The molecular formula is C24H31N3O5. The predicted molar refractivity (Wildman–Crippen MR) is 121 cm³/mol. The number of likely N-dealkylation sites (N-methyl/N-ethyl adjacent to an activating group) is 1. The molecule has 0 saturated carbocycles. The van der Waals surface area contributed by atoms with Crippen molar-refractivity contribution >= 4 is 11.8 Å². The fourth-order valence-corrected chi connectivity index (χ4v) is 3.75. The summed E-state index contributed by atoms with van der Waals surface area (Å²) in [6, 6.07) is 8.89. The summed E-state index contributed by atoms with van der Waals surface area (Å²) >= 11 is 0. The smallest absolute Gasteiger partial charge is 0.259 e. The lowest BCUT2D eigenvalue weighted by atomic mass is 9.99. The fourth-order valence-electron chi connectivity index (χ4n) is 3.75. The van der Waals surface area contributed by atoms with Crippen LogP contribution in [0.3, 0.4) is 0 Å². The van der Waals surface area contributed by atoms with E-state index in [9.17, 15) is 14.7 Å². The molecule has 2 aromatic rings. The van der Waals surface area contributed by atoms with Crippen molar-refractivity contribution in [2.45, 2.75) is 32.9 Å². The van der Waals surface area contributed by atoms with E-state index < -0.39 is 0 Å². The van der Waals surface area contributed by atoms with Gasteiger partial charge in [-0.15, -0.1) is 0 Å². The highest BCUT2D eigenvalue weighted by atomic mass is 16.5. The van der Waals surface area contributed by atoms with Crippen molar-refractivity contribution in [3.63, 3.8) is 0 Å². The number of aromatic nitrogens is 1. The molecule has 3 rings (SSSR count). The first kappa shape index (κ1) is 23.5. The van der Waals surface area contributed by atoms with Gasteiger partial charge in [-0.1, -0.05) is 25.1 Å². The Kier molecular flexibility index (Phi) is 7.35. The molecule has 1 aliphatic heterocycles. The van der Waals surface area contributed by atoms with E-state index >= 15 is 0 Å². The van der Waals surface area contributed by atoms with E-state index in [1.54, 1.807) is 43.1 Å². The van der Waals surface area contributed by atoms with Gasteiger partial charge in [0.25, 0.3) is 5.91 Å². The van der Waals surface area contributed by atoms with Gasteiger partial charge in [0.1, 0.15) is 17.4 Å². The lowest BCUT2D eigenvalue weighted by Crippen LogP contribution is -2.50. The zero-order valence-corrected chi connectivity index (χ0v) is 19.2. The first-order valence-electron chi connectivity index (χ1n) is 10.7. The van der Waals surface area contributed by atoms with Gasteiger partial charge in [-0.25, -0.2) is 4.98 Å². The number of fused-ring (bicyclic) bond motifs is 1. The third-order valence-electron chi connectivity index (χ3n) is 5.93. The van der Waals surface area contributed by atoms with Crippen molar-refractivity contribution in [3.05, 3.63) is 42.1 Å². The highest BCUT2D eigenvalue weighted by Crippen LogP contribution is 2.34. The number of amides is 2. The van der Waals surface area contributed by atoms with Crippen LogP contribution in [0.5, 0.6) is 11.6 Å². The molecule has 0 aliphatic carbocycles. The Morgan fingerprint density at radius 2 is 2.09 bits per heavy atom. The molecule has 0 radical (unpaired) electrons. The van der Waals surface area contributed by atoms with E-state index in [4.69, 9.17) is 9.47 Å². The molecule has 0 saturated heterocycles. The van der Waals surface area contributed by atoms with Crippen LogP contribution in [-0.2, 0) is 4.79 Å². The van der Waals surface area contributed by atoms with Crippen LogP contribution in [0.1, 0.15) is 31.1 Å². The molecule has 0 bridgehead atoms. The maximum Gasteiger partial charge on any atom is 0.259 e. The van der Waals surface area contributed by atoms with Crippen LogP contribution in [0.2, 0.25) is 0 Å². The molecular weight excluding hydrogens is 410 g/mol. The number of carbonyl (C=O) groups excluding carboxylic acids is 2. The average molecular weight is 442 g/mol. The Labute approximate surface area is 188 Å². The van der Waals surface area contributed by atoms with Crippen LogP contribution < -0.4 is 9.47 Å². The van der Waals surface area contributed by atoms with Crippen molar-refractivity contribution in [2.24, 2.45) is 5.92 Å². The van der Waals surface area contributed by atoms with E-state index in [0.29, 0.717) is 24.4 Å². The quantitative estimate of drug-likeness (QED) is 0.740. The van der Waals surface area contributed by atoms with Crippen LogP contribution >= 0.6 is 0 Å². The summed E-state index contributed by atoms with van der Waals surface area (Å²) < 4.78 is 11.7. The minimum Gasteiger partial charge on any atom is -0.496 e. The molecule has 8 nitrogen and oxygen atoms in total. The summed E-state index contributed by atoms with van der Waals surface area (Å²) in [5, 5.41) is 9.78. The second-order valence-electron chi connectivity index (χ2n) is 8.30. The zero-order valence-electron chi connectivity index (χ0n) is 19.2.